The number of hydrogen-bond acceptors (Lipinski definition) is 3. The monoisotopic (exact) mass is 671 g/mol. The van der Waals surface area contributed by atoms with Gasteiger partial charge in [-0.25, -0.2) is 22.0 Å². The van der Waals surface area contributed by atoms with Crippen molar-refractivity contribution in [3.8, 4) is 0 Å². The van der Waals surface area contributed by atoms with Crippen molar-refractivity contribution in [2.45, 2.75) is 29.5 Å². The van der Waals surface area contributed by atoms with Crippen LogP contribution >= 0.6 is 58.0 Å². The predicted octanol–water partition coefficient (Wildman–Crippen LogP) is 8.39. The molecule has 14 heteroatoms. The van der Waals surface area contributed by atoms with Gasteiger partial charge in [-0.3, -0.25) is 14.4 Å². The van der Waals surface area contributed by atoms with Crippen LogP contribution in [0.4, 0.5) is 27.6 Å². The third-order valence-corrected chi connectivity index (χ3v) is 8.47. The van der Waals surface area contributed by atoms with E-state index in [0.717, 1.165) is 18.2 Å². The molecule has 0 aliphatic heterocycles. The Balaban J connectivity index is 1.55. The Morgan fingerprint density at radius 3 is 2.07 bits per heavy atom. The van der Waals surface area contributed by atoms with Crippen molar-refractivity contribution in [3.63, 3.8) is 0 Å². The molecule has 1 aliphatic rings. The first-order valence-corrected chi connectivity index (χ1v) is 13.4. The van der Waals surface area contributed by atoms with Crippen molar-refractivity contribution in [2.75, 3.05) is 5.32 Å². The van der Waals surface area contributed by atoms with Crippen LogP contribution in [-0.2, 0) is 22.4 Å². The Labute approximate surface area is 254 Å². The van der Waals surface area contributed by atoms with Crippen LogP contribution in [0.2, 0.25) is 15.1 Å². The number of rotatable bonds is 9. The van der Waals surface area contributed by atoms with Crippen molar-refractivity contribution in [1.29, 1.82) is 0 Å². The fourth-order valence-corrected chi connectivity index (χ4v) is 5.66. The lowest BCUT2D eigenvalue weighted by atomic mass is 9.98. The van der Waals surface area contributed by atoms with Crippen molar-refractivity contribution in [1.82, 2.24) is 0 Å². The van der Waals surface area contributed by atoms with Gasteiger partial charge >= 0.3 is 0 Å². The molecule has 0 spiro atoms. The van der Waals surface area contributed by atoms with Gasteiger partial charge in [0.05, 0.1) is 21.0 Å². The van der Waals surface area contributed by atoms with E-state index >= 15 is 0 Å². The summed E-state index contributed by atoms with van der Waals surface area (Å²) in [6, 6.07) is 7.58. The molecule has 4 nitrogen and oxygen atoms in total. The minimum absolute atomic E-state index is 0.202. The first-order chi connectivity index (χ1) is 19.1. The van der Waals surface area contributed by atoms with Gasteiger partial charge < -0.3 is 5.32 Å². The highest BCUT2D eigenvalue weighted by molar-refractivity contribution is 6.53. The van der Waals surface area contributed by atoms with Gasteiger partial charge in [-0.15, -0.1) is 23.2 Å². The molecule has 0 saturated heterocycles. The molecule has 1 N–H and O–H groups in total. The minimum Gasteiger partial charge on any atom is -0.326 e. The quantitative estimate of drug-likeness (QED) is 0.141. The largest absolute Gasteiger partial charge is 0.326 e. The number of halogens is 10. The molecule has 2 atom stereocenters. The molecule has 0 bridgehead atoms. The number of hydrogen-bond donors (Lipinski definition) is 1. The Kier molecular flexibility index (Phi) is 9.26. The number of ketones is 2. The second-order valence-electron chi connectivity index (χ2n) is 9.19. The van der Waals surface area contributed by atoms with Crippen LogP contribution in [0.3, 0.4) is 0 Å². The molecule has 216 valence electrons. The van der Waals surface area contributed by atoms with Gasteiger partial charge in [-0.05, 0) is 47.0 Å². The Morgan fingerprint density at radius 2 is 1.46 bits per heavy atom. The van der Waals surface area contributed by atoms with Crippen LogP contribution < -0.4 is 5.32 Å². The lowest BCUT2D eigenvalue weighted by Gasteiger charge is -2.12. The topological polar surface area (TPSA) is 63.2 Å². The fraction of sp³-hybridized carbons (Fsp3) is 0.222. The van der Waals surface area contributed by atoms with Crippen LogP contribution in [0.5, 0.6) is 0 Å². The SMILES string of the molecule is O=C(Cc1cc(CC(=O)C(F)F)c(F)cc1F)c1cc(NC(=O)[C@H]2[C@H](c3ccc(Cl)c(Cl)c3)C2(Cl)Cl)cc(F)c1Cl. The maximum absolute atomic E-state index is 14.7. The summed E-state index contributed by atoms with van der Waals surface area (Å²) in [5, 5.41) is 2.27. The highest BCUT2D eigenvalue weighted by Crippen LogP contribution is 2.65. The maximum atomic E-state index is 14.7. The smallest absolute Gasteiger partial charge is 0.296 e. The zero-order valence-corrected chi connectivity index (χ0v) is 24.0. The zero-order chi connectivity index (χ0) is 30.4. The molecule has 1 saturated carbocycles. The van der Waals surface area contributed by atoms with E-state index in [1.165, 1.54) is 12.1 Å². The Morgan fingerprint density at radius 1 is 0.829 bits per heavy atom. The standard InChI is InChI=1S/C27H15Cl5F5NO3/c28-15-2-1-10(4-16(15)29)22-23(27(22,31)32)26(41)38-13-7-14(24(30)19(35)8-13)20(39)5-11-3-12(6-21(40)25(36)37)18(34)9-17(11)33/h1-4,7-9,22-23,25H,5-6H2,(H,38,41)/t22-,23+/m0/s1. The van der Waals surface area contributed by atoms with E-state index in [1.807, 2.05) is 0 Å². The van der Waals surface area contributed by atoms with Gasteiger partial charge in [0.2, 0.25) is 11.7 Å². The normalized spacial score (nSPS) is 17.4. The lowest BCUT2D eigenvalue weighted by Crippen LogP contribution is -2.18. The van der Waals surface area contributed by atoms with E-state index in [4.69, 9.17) is 58.0 Å². The first kappa shape index (κ1) is 31.5. The third-order valence-electron chi connectivity index (χ3n) is 6.41. The molecule has 0 radical (unpaired) electrons. The molecule has 0 heterocycles. The predicted molar refractivity (Wildman–Crippen MR) is 146 cm³/mol. The minimum atomic E-state index is -3.37. The van der Waals surface area contributed by atoms with Gasteiger partial charge in [-0.2, -0.15) is 0 Å². The first-order valence-electron chi connectivity index (χ1n) is 11.5. The van der Waals surface area contributed by atoms with Gasteiger partial charge in [0, 0.05) is 36.1 Å². The highest BCUT2D eigenvalue weighted by Gasteiger charge is 2.67. The van der Waals surface area contributed by atoms with Crippen molar-refractivity contribution < 1.29 is 36.3 Å². The molecule has 0 unspecified atom stereocenters. The molecule has 3 aromatic carbocycles. The second-order valence-corrected chi connectivity index (χ2v) is 11.8. The summed E-state index contributed by atoms with van der Waals surface area (Å²) >= 11 is 30.6. The van der Waals surface area contributed by atoms with Crippen LogP contribution in [0.25, 0.3) is 0 Å². The molecule has 1 aliphatic carbocycles. The Hall–Kier alpha value is -2.43. The van der Waals surface area contributed by atoms with E-state index in [2.05, 4.69) is 5.32 Å². The van der Waals surface area contributed by atoms with Crippen LogP contribution in [0.1, 0.15) is 33.0 Å². The van der Waals surface area contributed by atoms with Gasteiger partial charge in [-0.1, -0.05) is 40.9 Å². The molecule has 1 amide bonds. The van der Waals surface area contributed by atoms with Crippen molar-refractivity contribution >= 4 is 81.2 Å². The van der Waals surface area contributed by atoms with E-state index < -0.39 is 92.1 Å². The zero-order valence-electron chi connectivity index (χ0n) is 20.2. The molecular formula is C27H15Cl5F5NO3. The molecular weight excluding hydrogens is 659 g/mol. The van der Waals surface area contributed by atoms with E-state index in [-0.39, 0.29) is 15.7 Å². The molecule has 41 heavy (non-hydrogen) atoms. The summed E-state index contributed by atoms with van der Waals surface area (Å²) in [5.74, 6) is -8.51. The van der Waals surface area contributed by atoms with E-state index in [0.29, 0.717) is 11.6 Å². The molecule has 1 fully saturated rings. The number of nitrogens with one attached hydrogen (secondary N) is 1. The van der Waals surface area contributed by atoms with Crippen LogP contribution in [0.15, 0.2) is 42.5 Å². The third kappa shape index (κ3) is 6.65. The van der Waals surface area contributed by atoms with Gasteiger partial charge in [0.1, 0.15) is 21.8 Å². The Bertz CT molecular complexity index is 1580. The van der Waals surface area contributed by atoms with Crippen molar-refractivity contribution in [2.24, 2.45) is 5.92 Å². The second kappa shape index (κ2) is 12.1. The lowest BCUT2D eigenvalue weighted by molar-refractivity contribution is -0.128. The average Bonchev–Trinajstić information content (AvgIpc) is 3.47. The van der Waals surface area contributed by atoms with E-state index in [1.54, 1.807) is 6.07 Å². The number of carbonyl (C=O) groups excluding carboxylic acids is 3. The number of anilines is 1. The van der Waals surface area contributed by atoms with E-state index in [9.17, 15) is 36.3 Å². The number of amides is 1. The van der Waals surface area contributed by atoms with Crippen LogP contribution in [-0.4, -0.2) is 28.2 Å². The number of Topliss-reactive ketones (excluding diaryl/α,β-unsaturated/α-hetero) is 2. The van der Waals surface area contributed by atoms with Crippen molar-refractivity contribution in [3.05, 3.63) is 97.2 Å². The van der Waals surface area contributed by atoms with Gasteiger partial charge in [0.25, 0.3) is 6.43 Å². The number of alkyl halides is 4. The maximum Gasteiger partial charge on any atom is 0.296 e. The number of benzene rings is 3. The summed E-state index contributed by atoms with van der Waals surface area (Å²) in [6.45, 7) is 0. The summed E-state index contributed by atoms with van der Waals surface area (Å²) in [6.07, 6.45) is -5.20. The van der Waals surface area contributed by atoms with Gasteiger partial charge in [0.15, 0.2) is 5.78 Å². The average molecular weight is 674 g/mol. The van der Waals surface area contributed by atoms with Crippen LogP contribution in [0, 0.1) is 23.4 Å². The molecule has 4 rings (SSSR count). The fourth-order valence-electron chi connectivity index (χ4n) is 4.31. The number of carbonyl (C=O) groups is 3. The summed E-state index contributed by atoms with van der Waals surface area (Å²) in [4.78, 5) is 37.3. The summed E-state index contributed by atoms with van der Waals surface area (Å²) in [5.41, 5.74) is -1.14. The summed E-state index contributed by atoms with van der Waals surface area (Å²) < 4.78 is 66.7. The molecule has 3 aromatic rings. The summed E-state index contributed by atoms with van der Waals surface area (Å²) in [7, 11) is 0. The molecule has 0 aromatic heterocycles. The highest BCUT2D eigenvalue weighted by atomic mass is 35.5.